The molecule has 0 aliphatic carbocycles. The van der Waals surface area contributed by atoms with Gasteiger partial charge in [0.15, 0.2) is 0 Å². The Morgan fingerprint density at radius 3 is 2.41 bits per heavy atom. The summed E-state index contributed by atoms with van der Waals surface area (Å²) in [5.74, 6) is 0.350. The van der Waals surface area contributed by atoms with Gasteiger partial charge in [0.05, 0.1) is 26.7 Å². The molecule has 182 valence electrons. The maximum absolute atomic E-state index is 11.4. The standard InChI is InChI=1S/C27H32ClNO5/c1-18-24(33-2)14-22(15-25(18)34-3)27(32)21(8-4-6-19-7-5-9-23(28)12-19)17-29-11-10-20(16-29)13-26(30)31/h5,7,9-12,14-16,21,27,32H,4,6,8,13,17H2,1-3H3,(H,30,31)/t21-,27?/m1/s1. The smallest absolute Gasteiger partial charge is 0.307 e. The van der Waals surface area contributed by atoms with Crippen molar-refractivity contribution in [2.24, 2.45) is 5.92 Å². The molecule has 0 amide bonds. The molecule has 1 unspecified atom stereocenters. The van der Waals surface area contributed by atoms with Gasteiger partial charge in [-0.1, -0.05) is 23.7 Å². The number of nitrogens with zero attached hydrogens (tertiary/aromatic N) is 1. The predicted octanol–water partition coefficient (Wildman–Crippen LogP) is 5.47. The highest BCUT2D eigenvalue weighted by Crippen LogP contribution is 2.36. The molecule has 3 rings (SSSR count). The second kappa shape index (κ2) is 12.0. The number of aliphatic hydroxyl groups is 1. The Hall–Kier alpha value is -2.96. The lowest BCUT2D eigenvalue weighted by Gasteiger charge is -2.25. The van der Waals surface area contributed by atoms with Crippen molar-refractivity contribution in [2.45, 2.75) is 45.3 Å². The van der Waals surface area contributed by atoms with Crippen LogP contribution in [0.1, 0.15) is 41.2 Å². The van der Waals surface area contributed by atoms with Crippen LogP contribution in [0.25, 0.3) is 0 Å². The third-order valence-electron chi connectivity index (χ3n) is 6.10. The van der Waals surface area contributed by atoms with Crippen LogP contribution < -0.4 is 9.47 Å². The van der Waals surface area contributed by atoms with Gasteiger partial charge in [-0.2, -0.15) is 0 Å². The number of aliphatic carboxylic acids is 1. The predicted molar refractivity (Wildman–Crippen MR) is 133 cm³/mol. The van der Waals surface area contributed by atoms with Crippen LogP contribution in [0.5, 0.6) is 11.5 Å². The van der Waals surface area contributed by atoms with Crippen molar-refractivity contribution in [3.8, 4) is 11.5 Å². The van der Waals surface area contributed by atoms with Gasteiger partial charge in [0, 0.05) is 35.4 Å². The molecule has 6 nitrogen and oxygen atoms in total. The number of carbonyl (C=O) groups is 1. The largest absolute Gasteiger partial charge is 0.496 e. The second-order valence-corrected chi connectivity index (χ2v) is 9.00. The molecule has 3 aromatic rings. The highest BCUT2D eigenvalue weighted by molar-refractivity contribution is 6.30. The van der Waals surface area contributed by atoms with E-state index in [1.54, 1.807) is 14.2 Å². The van der Waals surface area contributed by atoms with Gasteiger partial charge < -0.3 is 24.3 Å². The quantitative estimate of drug-likeness (QED) is 0.355. The molecule has 0 bridgehead atoms. The molecule has 0 aliphatic rings. The Morgan fingerprint density at radius 1 is 1.09 bits per heavy atom. The molecule has 0 fully saturated rings. The Bertz CT molecular complexity index is 1080. The molecule has 2 atom stereocenters. The van der Waals surface area contributed by atoms with Crippen LogP contribution in [0.2, 0.25) is 5.02 Å². The van der Waals surface area contributed by atoms with Crippen LogP contribution >= 0.6 is 11.6 Å². The molecule has 7 heteroatoms. The van der Waals surface area contributed by atoms with E-state index >= 15 is 0 Å². The van der Waals surface area contributed by atoms with E-state index in [9.17, 15) is 9.90 Å². The third-order valence-corrected chi connectivity index (χ3v) is 6.34. The van der Waals surface area contributed by atoms with Gasteiger partial charge in [-0.05, 0) is 73.2 Å². The first kappa shape index (κ1) is 25.7. The van der Waals surface area contributed by atoms with Crippen molar-refractivity contribution in [3.05, 3.63) is 82.1 Å². The van der Waals surface area contributed by atoms with Crippen LogP contribution in [0.4, 0.5) is 0 Å². The normalized spacial score (nSPS) is 12.9. The third kappa shape index (κ3) is 6.78. The summed E-state index contributed by atoms with van der Waals surface area (Å²) in [6, 6.07) is 13.3. The average molecular weight is 486 g/mol. The number of methoxy groups -OCH3 is 2. The minimum Gasteiger partial charge on any atom is -0.496 e. The fourth-order valence-corrected chi connectivity index (χ4v) is 4.53. The van der Waals surface area contributed by atoms with Gasteiger partial charge in [0.25, 0.3) is 0 Å². The van der Waals surface area contributed by atoms with Crippen LogP contribution in [0.3, 0.4) is 0 Å². The topological polar surface area (TPSA) is 80.9 Å². The molecule has 2 aromatic carbocycles. The van der Waals surface area contributed by atoms with Crippen molar-refractivity contribution < 1.29 is 24.5 Å². The Balaban J connectivity index is 1.82. The fourth-order valence-electron chi connectivity index (χ4n) is 4.31. The number of carboxylic acid groups (broad SMARTS) is 1. The first-order valence-corrected chi connectivity index (χ1v) is 11.7. The highest BCUT2D eigenvalue weighted by Gasteiger charge is 2.24. The van der Waals surface area contributed by atoms with Gasteiger partial charge in [0.2, 0.25) is 0 Å². The van der Waals surface area contributed by atoms with Crippen LogP contribution in [-0.2, 0) is 24.2 Å². The maximum atomic E-state index is 11.4. The Labute approximate surface area is 205 Å². The van der Waals surface area contributed by atoms with Crippen LogP contribution in [-0.4, -0.2) is 35.0 Å². The van der Waals surface area contributed by atoms with Crippen molar-refractivity contribution in [1.82, 2.24) is 4.57 Å². The van der Waals surface area contributed by atoms with Gasteiger partial charge in [-0.25, -0.2) is 0 Å². The summed E-state index contributed by atoms with van der Waals surface area (Å²) in [7, 11) is 3.20. The van der Waals surface area contributed by atoms with Crippen molar-refractivity contribution in [1.29, 1.82) is 0 Å². The minimum absolute atomic E-state index is 0.0264. The van der Waals surface area contributed by atoms with E-state index in [1.165, 1.54) is 0 Å². The lowest BCUT2D eigenvalue weighted by Crippen LogP contribution is -2.19. The van der Waals surface area contributed by atoms with Gasteiger partial charge in [-0.15, -0.1) is 0 Å². The summed E-state index contributed by atoms with van der Waals surface area (Å²) < 4.78 is 13.0. The Kier molecular flexibility index (Phi) is 9.02. The zero-order valence-electron chi connectivity index (χ0n) is 19.8. The molecule has 0 saturated carbocycles. The zero-order valence-corrected chi connectivity index (χ0v) is 20.6. The van der Waals surface area contributed by atoms with E-state index in [-0.39, 0.29) is 12.3 Å². The molecule has 1 heterocycles. The van der Waals surface area contributed by atoms with Gasteiger partial charge in [-0.3, -0.25) is 4.79 Å². The summed E-state index contributed by atoms with van der Waals surface area (Å²) in [5, 5.41) is 21.2. The molecule has 34 heavy (non-hydrogen) atoms. The lowest BCUT2D eigenvalue weighted by atomic mass is 9.89. The summed E-state index contributed by atoms with van der Waals surface area (Å²) in [5.41, 5.74) is 3.50. The number of halogens is 1. The average Bonchev–Trinajstić information content (AvgIpc) is 3.24. The molecule has 0 aliphatic heterocycles. The van der Waals surface area contributed by atoms with Gasteiger partial charge in [0.1, 0.15) is 11.5 Å². The van der Waals surface area contributed by atoms with E-state index in [4.69, 9.17) is 26.2 Å². The molecule has 0 radical (unpaired) electrons. The van der Waals surface area contributed by atoms with E-state index < -0.39 is 12.1 Å². The number of aromatic nitrogens is 1. The number of aryl methyl sites for hydroxylation is 1. The number of rotatable bonds is 12. The van der Waals surface area contributed by atoms with Crippen molar-refractivity contribution in [3.63, 3.8) is 0 Å². The molecule has 2 N–H and O–H groups in total. The van der Waals surface area contributed by atoms with Crippen LogP contribution in [0, 0.1) is 12.8 Å². The maximum Gasteiger partial charge on any atom is 0.307 e. The number of hydrogen-bond acceptors (Lipinski definition) is 4. The van der Waals surface area contributed by atoms with Crippen molar-refractivity contribution in [2.75, 3.05) is 14.2 Å². The van der Waals surface area contributed by atoms with E-state index in [1.807, 2.05) is 60.3 Å². The van der Waals surface area contributed by atoms with Crippen molar-refractivity contribution >= 4 is 17.6 Å². The summed E-state index contributed by atoms with van der Waals surface area (Å²) >= 11 is 6.12. The highest BCUT2D eigenvalue weighted by atomic mass is 35.5. The second-order valence-electron chi connectivity index (χ2n) is 8.56. The number of carboxylic acids is 1. The first-order valence-electron chi connectivity index (χ1n) is 11.3. The number of aliphatic hydroxyl groups excluding tert-OH is 1. The molecular formula is C27H32ClNO5. The number of benzene rings is 2. The molecule has 1 aromatic heterocycles. The number of hydrogen-bond donors (Lipinski definition) is 2. The molecule has 0 saturated heterocycles. The Morgan fingerprint density at radius 2 is 1.79 bits per heavy atom. The van der Waals surface area contributed by atoms with E-state index in [0.717, 1.165) is 41.5 Å². The fraction of sp³-hybridized carbons (Fsp3) is 0.370. The first-order chi connectivity index (χ1) is 16.3. The lowest BCUT2D eigenvalue weighted by molar-refractivity contribution is -0.136. The summed E-state index contributed by atoms with van der Waals surface area (Å²) in [4.78, 5) is 11.1. The zero-order chi connectivity index (χ0) is 24.7. The molecular weight excluding hydrogens is 454 g/mol. The van der Waals surface area contributed by atoms with E-state index in [2.05, 4.69) is 6.07 Å². The van der Waals surface area contributed by atoms with Gasteiger partial charge >= 0.3 is 5.97 Å². The van der Waals surface area contributed by atoms with Crippen LogP contribution in [0.15, 0.2) is 54.9 Å². The summed E-state index contributed by atoms with van der Waals surface area (Å²) in [6.07, 6.45) is 5.39. The molecule has 0 spiro atoms. The SMILES string of the molecule is COc1cc(C(O)[C@H](CCCc2cccc(Cl)c2)Cn2ccc(CC(=O)O)c2)cc(OC)c1C. The van der Waals surface area contributed by atoms with E-state index in [0.29, 0.717) is 23.1 Å². The summed E-state index contributed by atoms with van der Waals surface area (Å²) in [6.45, 7) is 2.47. The number of ether oxygens (including phenoxy) is 2. The minimum atomic E-state index is -0.866. The monoisotopic (exact) mass is 485 g/mol.